The molecule has 3 rings (SSSR count). The first kappa shape index (κ1) is 18.4. The molecule has 0 radical (unpaired) electrons. The van der Waals surface area contributed by atoms with E-state index >= 15 is 0 Å². The van der Waals surface area contributed by atoms with E-state index in [9.17, 15) is 9.59 Å². The van der Waals surface area contributed by atoms with E-state index < -0.39 is 0 Å². The maximum Gasteiger partial charge on any atom is 0.266 e. The van der Waals surface area contributed by atoms with Crippen LogP contribution in [-0.2, 0) is 38.2 Å². The maximum absolute atomic E-state index is 12.9. The van der Waals surface area contributed by atoms with Crippen LogP contribution < -0.4 is 5.56 Å². The molecule has 0 fully saturated rings. The summed E-state index contributed by atoms with van der Waals surface area (Å²) in [5.41, 5.74) is 5.14. The molecule has 1 aliphatic carbocycles. The smallest absolute Gasteiger partial charge is 0.266 e. The Hall–Kier alpha value is -2.44. The minimum absolute atomic E-state index is 0.0718. The van der Waals surface area contributed by atoms with Crippen LogP contribution in [0.4, 0.5) is 0 Å². The van der Waals surface area contributed by atoms with Crippen LogP contribution in [0.25, 0.3) is 0 Å². The molecular weight excluding hydrogens is 330 g/mol. The van der Waals surface area contributed by atoms with Crippen LogP contribution >= 0.6 is 0 Å². The van der Waals surface area contributed by atoms with Gasteiger partial charge < -0.3 is 4.90 Å². The molecular formula is C19H27N5O2. The SMILES string of the molecule is Cc1nn(C)c(C)c1CCN(C)C(=O)C1CCc2nn(C)c(=O)cc2C1. The molecule has 7 nitrogen and oxygen atoms in total. The van der Waals surface area contributed by atoms with E-state index in [0.717, 1.165) is 41.9 Å². The number of rotatable bonds is 4. The fraction of sp³-hybridized carbons (Fsp3) is 0.579. The van der Waals surface area contributed by atoms with Gasteiger partial charge in [0.05, 0.1) is 11.4 Å². The molecule has 140 valence electrons. The lowest BCUT2D eigenvalue weighted by Crippen LogP contribution is -2.38. The van der Waals surface area contributed by atoms with Crippen molar-refractivity contribution in [2.45, 2.75) is 39.5 Å². The monoisotopic (exact) mass is 357 g/mol. The van der Waals surface area contributed by atoms with Gasteiger partial charge in [-0.05, 0) is 50.7 Å². The van der Waals surface area contributed by atoms with E-state index in [2.05, 4.69) is 17.1 Å². The zero-order valence-corrected chi connectivity index (χ0v) is 16.2. The second-order valence-electron chi connectivity index (χ2n) is 7.30. The van der Waals surface area contributed by atoms with Crippen LogP contribution in [0.2, 0.25) is 0 Å². The Morgan fingerprint density at radius 1 is 1.27 bits per heavy atom. The van der Waals surface area contributed by atoms with Crippen LogP contribution in [0.5, 0.6) is 0 Å². The molecule has 1 unspecified atom stereocenters. The van der Waals surface area contributed by atoms with Crippen molar-refractivity contribution in [2.75, 3.05) is 13.6 Å². The third kappa shape index (κ3) is 3.43. The van der Waals surface area contributed by atoms with Crippen molar-refractivity contribution in [3.63, 3.8) is 0 Å². The van der Waals surface area contributed by atoms with Crippen molar-refractivity contribution in [3.05, 3.63) is 44.6 Å². The molecule has 2 aromatic heterocycles. The van der Waals surface area contributed by atoms with Crippen molar-refractivity contribution in [1.29, 1.82) is 0 Å². The van der Waals surface area contributed by atoms with Crippen LogP contribution in [0.3, 0.4) is 0 Å². The molecule has 7 heteroatoms. The summed E-state index contributed by atoms with van der Waals surface area (Å²) in [5.74, 6) is 0.0769. The first-order valence-electron chi connectivity index (χ1n) is 9.08. The highest BCUT2D eigenvalue weighted by atomic mass is 16.2. The molecule has 0 aromatic carbocycles. The van der Waals surface area contributed by atoms with Crippen LogP contribution in [0.15, 0.2) is 10.9 Å². The largest absolute Gasteiger partial charge is 0.345 e. The molecule has 1 amide bonds. The summed E-state index contributed by atoms with van der Waals surface area (Å²) in [6, 6.07) is 1.63. The van der Waals surface area contributed by atoms with E-state index in [-0.39, 0.29) is 17.4 Å². The van der Waals surface area contributed by atoms with Gasteiger partial charge >= 0.3 is 0 Å². The highest BCUT2D eigenvalue weighted by Crippen LogP contribution is 2.24. The Morgan fingerprint density at radius 2 is 2.00 bits per heavy atom. The van der Waals surface area contributed by atoms with Gasteiger partial charge in [0.1, 0.15) is 0 Å². The summed E-state index contributed by atoms with van der Waals surface area (Å²) in [5, 5.41) is 8.76. The summed E-state index contributed by atoms with van der Waals surface area (Å²) in [4.78, 5) is 26.5. The number of aryl methyl sites for hydroxylation is 4. The van der Waals surface area contributed by atoms with Crippen LogP contribution in [0.1, 0.15) is 34.6 Å². The van der Waals surface area contributed by atoms with Gasteiger partial charge in [-0.1, -0.05) is 0 Å². The Morgan fingerprint density at radius 3 is 2.65 bits per heavy atom. The fourth-order valence-electron chi connectivity index (χ4n) is 3.78. The van der Waals surface area contributed by atoms with E-state index in [4.69, 9.17) is 0 Å². The molecule has 1 aliphatic rings. The first-order chi connectivity index (χ1) is 12.3. The predicted molar refractivity (Wildman–Crippen MR) is 99.0 cm³/mol. The van der Waals surface area contributed by atoms with Gasteiger partial charge in [-0.25, -0.2) is 4.68 Å². The Labute approximate surface area is 153 Å². The normalized spacial score (nSPS) is 16.4. The molecule has 0 saturated carbocycles. The van der Waals surface area contributed by atoms with Gasteiger partial charge in [0.2, 0.25) is 5.91 Å². The van der Waals surface area contributed by atoms with Gasteiger partial charge in [-0.2, -0.15) is 10.2 Å². The number of hydrogen-bond acceptors (Lipinski definition) is 4. The third-order valence-electron chi connectivity index (χ3n) is 5.54. The third-order valence-corrected chi connectivity index (χ3v) is 5.54. The van der Waals surface area contributed by atoms with Gasteiger partial charge in [0, 0.05) is 45.4 Å². The lowest BCUT2D eigenvalue weighted by molar-refractivity contribution is -0.134. The van der Waals surface area contributed by atoms with E-state index in [1.165, 1.54) is 10.2 Å². The number of amides is 1. The van der Waals surface area contributed by atoms with Crippen LogP contribution in [0, 0.1) is 19.8 Å². The van der Waals surface area contributed by atoms with Gasteiger partial charge in [-0.15, -0.1) is 0 Å². The molecule has 2 heterocycles. The summed E-state index contributed by atoms with van der Waals surface area (Å²) in [6.45, 7) is 4.74. The quantitative estimate of drug-likeness (QED) is 0.816. The van der Waals surface area contributed by atoms with Crippen molar-refractivity contribution in [1.82, 2.24) is 24.5 Å². The first-order valence-corrected chi connectivity index (χ1v) is 9.08. The second-order valence-corrected chi connectivity index (χ2v) is 7.30. The zero-order chi connectivity index (χ0) is 19.0. The molecule has 0 spiro atoms. The molecule has 0 N–H and O–H groups in total. The molecule has 1 atom stereocenters. The molecule has 2 aromatic rings. The Kier molecular flexibility index (Phi) is 4.98. The minimum atomic E-state index is -0.118. The maximum atomic E-state index is 12.9. The van der Waals surface area contributed by atoms with Crippen LogP contribution in [-0.4, -0.2) is 44.0 Å². The fourth-order valence-corrected chi connectivity index (χ4v) is 3.78. The Bertz CT molecular complexity index is 896. The van der Waals surface area contributed by atoms with Gasteiger partial charge in [0.15, 0.2) is 0 Å². The number of fused-ring (bicyclic) bond motifs is 1. The van der Waals surface area contributed by atoms with E-state index in [0.29, 0.717) is 13.0 Å². The molecule has 0 saturated heterocycles. The zero-order valence-electron chi connectivity index (χ0n) is 16.2. The lowest BCUT2D eigenvalue weighted by atomic mass is 9.86. The summed E-state index contributed by atoms with van der Waals surface area (Å²) in [7, 11) is 5.47. The standard InChI is InChI=1S/C19H27N5O2/c1-12-16(13(2)23(4)20-12)8-9-22(3)19(26)14-6-7-17-15(10-14)11-18(25)24(5)21-17/h11,14H,6-10H2,1-5H3. The van der Waals surface area contributed by atoms with E-state index in [1.807, 2.05) is 30.6 Å². The molecule has 0 aliphatic heterocycles. The molecule has 26 heavy (non-hydrogen) atoms. The number of carbonyl (C=O) groups excluding carboxylic acids is 1. The highest BCUT2D eigenvalue weighted by molar-refractivity contribution is 5.79. The summed E-state index contributed by atoms with van der Waals surface area (Å²) in [6.07, 6.45) is 2.94. The predicted octanol–water partition coefficient (Wildman–Crippen LogP) is 0.937. The van der Waals surface area contributed by atoms with Crippen molar-refractivity contribution >= 4 is 5.91 Å². The van der Waals surface area contributed by atoms with Crippen molar-refractivity contribution in [3.8, 4) is 0 Å². The number of aromatic nitrogens is 4. The molecule has 0 bridgehead atoms. The topological polar surface area (TPSA) is 73.0 Å². The minimum Gasteiger partial charge on any atom is -0.345 e. The van der Waals surface area contributed by atoms with E-state index in [1.54, 1.807) is 13.1 Å². The van der Waals surface area contributed by atoms with Gasteiger partial charge in [-0.3, -0.25) is 14.3 Å². The van der Waals surface area contributed by atoms with Crippen molar-refractivity contribution < 1.29 is 4.79 Å². The summed E-state index contributed by atoms with van der Waals surface area (Å²) >= 11 is 0. The average Bonchev–Trinajstić information content (AvgIpc) is 2.85. The Balaban J connectivity index is 1.65. The van der Waals surface area contributed by atoms with Gasteiger partial charge in [0.25, 0.3) is 5.56 Å². The second kappa shape index (κ2) is 7.05. The number of carbonyl (C=O) groups is 1. The lowest BCUT2D eigenvalue weighted by Gasteiger charge is -2.27. The van der Waals surface area contributed by atoms with Crippen molar-refractivity contribution in [2.24, 2.45) is 20.0 Å². The number of hydrogen-bond donors (Lipinski definition) is 0. The number of likely N-dealkylation sites (N-methyl/N-ethyl adjacent to an activating group) is 1. The number of nitrogens with zero attached hydrogens (tertiary/aromatic N) is 5. The average molecular weight is 357 g/mol. The summed E-state index contributed by atoms with van der Waals surface area (Å²) < 4.78 is 3.25. The highest BCUT2D eigenvalue weighted by Gasteiger charge is 2.28.